The summed E-state index contributed by atoms with van der Waals surface area (Å²) in [6.45, 7) is 0. The first kappa shape index (κ1) is 11.4. The fraction of sp³-hybridized carbons (Fsp3) is 0. The molecule has 0 aliphatic carbocycles. The molecule has 0 fully saturated rings. The molecule has 1 aliphatic rings. The van der Waals surface area contributed by atoms with Crippen molar-refractivity contribution in [3.05, 3.63) is 41.7 Å². The summed E-state index contributed by atoms with van der Waals surface area (Å²) < 4.78 is 0. The largest absolute Gasteiger partial charge is 0.362 e. The van der Waals surface area contributed by atoms with Gasteiger partial charge in [-0.05, 0) is 30.3 Å². The minimum absolute atomic E-state index is 0.114. The SMILES string of the molecule is O=C1Nc2ccc3nc(S)[nH]c3c2/C1=C/c1ccc[nH]1. The third kappa shape index (κ3) is 1.58. The van der Waals surface area contributed by atoms with Crippen molar-refractivity contribution in [2.75, 3.05) is 5.32 Å². The van der Waals surface area contributed by atoms with Gasteiger partial charge in [-0.15, -0.1) is 12.6 Å². The minimum Gasteiger partial charge on any atom is -0.362 e. The third-order valence-electron chi connectivity index (χ3n) is 3.33. The topological polar surface area (TPSA) is 73.6 Å². The van der Waals surface area contributed by atoms with E-state index < -0.39 is 0 Å². The minimum atomic E-state index is -0.114. The number of carbonyl (C=O) groups is 1. The molecule has 2 aromatic heterocycles. The third-order valence-corrected chi connectivity index (χ3v) is 3.54. The fourth-order valence-electron chi connectivity index (χ4n) is 2.48. The summed E-state index contributed by atoms with van der Waals surface area (Å²) >= 11 is 4.23. The molecule has 0 spiro atoms. The zero-order valence-corrected chi connectivity index (χ0v) is 11.2. The van der Waals surface area contributed by atoms with Crippen LogP contribution < -0.4 is 5.32 Å². The van der Waals surface area contributed by atoms with E-state index in [1.54, 1.807) is 0 Å². The average molecular weight is 282 g/mol. The molecule has 98 valence electrons. The number of imidazole rings is 1. The van der Waals surface area contributed by atoms with Crippen molar-refractivity contribution >= 4 is 46.9 Å². The first-order valence-corrected chi connectivity index (χ1v) is 6.55. The maximum Gasteiger partial charge on any atom is 0.256 e. The molecular formula is C14H10N4OS. The molecule has 6 heteroatoms. The van der Waals surface area contributed by atoms with Crippen LogP contribution in [0.25, 0.3) is 22.7 Å². The van der Waals surface area contributed by atoms with Crippen LogP contribution in [-0.4, -0.2) is 20.9 Å². The summed E-state index contributed by atoms with van der Waals surface area (Å²) in [6.07, 6.45) is 3.66. The van der Waals surface area contributed by atoms with Gasteiger partial charge < -0.3 is 15.3 Å². The quantitative estimate of drug-likeness (QED) is 0.409. The standard InChI is InChI=1S/C14H10N4OS/c19-13-8(6-7-2-1-5-15-7)11-9(16-13)3-4-10-12(11)18-14(20)17-10/h1-6,15H,(H,16,19)(H2,17,18,20)/b8-6-. The predicted octanol–water partition coefficient (Wildman–Crippen LogP) is 2.67. The molecule has 4 rings (SSSR count). The Morgan fingerprint density at radius 3 is 2.95 bits per heavy atom. The molecule has 0 bridgehead atoms. The highest BCUT2D eigenvalue weighted by Gasteiger charge is 2.27. The number of H-pyrrole nitrogens is 2. The molecule has 0 atom stereocenters. The second kappa shape index (κ2) is 4.01. The number of aromatic nitrogens is 3. The van der Waals surface area contributed by atoms with Crippen molar-refractivity contribution in [3.63, 3.8) is 0 Å². The van der Waals surface area contributed by atoms with Gasteiger partial charge in [-0.2, -0.15) is 0 Å². The normalized spacial score (nSPS) is 15.8. The van der Waals surface area contributed by atoms with Gasteiger partial charge in [-0.1, -0.05) is 0 Å². The van der Waals surface area contributed by atoms with Crippen LogP contribution in [0.3, 0.4) is 0 Å². The Bertz CT molecular complexity index is 861. The molecule has 0 unspecified atom stereocenters. The molecule has 1 aromatic carbocycles. The number of hydrogen-bond acceptors (Lipinski definition) is 3. The Balaban J connectivity index is 2.01. The monoisotopic (exact) mass is 282 g/mol. The molecule has 3 heterocycles. The summed E-state index contributed by atoms with van der Waals surface area (Å²) in [5.41, 5.74) is 4.74. The number of fused-ring (bicyclic) bond motifs is 3. The number of nitrogens with zero attached hydrogens (tertiary/aromatic N) is 1. The fourth-order valence-corrected chi connectivity index (χ4v) is 2.70. The molecule has 3 aromatic rings. The lowest BCUT2D eigenvalue weighted by atomic mass is 10.0. The number of anilines is 1. The van der Waals surface area contributed by atoms with Crippen LogP contribution in [0.4, 0.5) is 5.69 Å². The van der Waals surface area contributed by atoms with E-state index in [0.29, 0.717) is 10.7 Å². The molecule has 20 heavy (non-hydrogen) atoms. The Labute approximate surface area is 119 Å². The summed E-state index contributed by atoms with van der Waals surface area (Å²) in [7, 11) is 0. The lowest BCUT2D eigenvalue weighted by molar-refractivity contribution is -0.110. The maximum absolute atomic E-state index is 12.2. The summed E-state index contributed by atoms with van der Waals surface area (Å²) in [5, 5.41) is 3.40. The molecule has 3 N–H and O–H groups in total. The molecule has 0 saturated heterocycles. The summed E-state index contributed by atoms with van der Waals surface area (Å²) in [6, 6.07) is 7.53. The van der Waals surface area contributed by atoms with Crippen LogP contribution in [0.2, 0.25) is 0 Å². The number of rotatable bonds is 1. The molecule has 5 nitrogen and oxygen atoms in total. The highest BCUT2D eigenvalue weighted by molar-refractivity contribution is 7.80. The second-order valence-electron chi connectivity index (χ2n) is 4.58. The smallest absolute Gasteiger partial charge is 0.256 e. The zero-order chi connectivity index (χ0) is 13.7. The van der Waals surface area contributed by atoms with Gasteiger partial charge in [-0.25, -0.2) is 4.98 Å². The van der Waals surface area contributed by atoms with E-state index in [0.717, 1.165) is 28.0 Å². The average Bonchev–Trinajstić information content (AvgIpc) is 3.09. The van der Waals surface area contributed by atoms with Gasteiger partial charge in [0.1, 0.15) is 0 Å². The van der Waals surface area contributed by atoms with Crippen molar-refractivity contribution in [1.29, 1.82) is 0 Å². The Morgan fingerprint density at radius 2 is 2.15 bits per heavy atom. The maximum atomic E-state index is 12.2. The van der Waals surface area contributed by atoms with Crippen LogP contribution in [0.1, 0.15) is 11.3 Å². The van der Waals surface area contributed by atoms with Crippen LogP contribution in [0.5, 0.6) is 0 Å². The molecule has 1 amide bonds. The molecule has 1 aliphatic heterocycles. The predicted molar refractivity (Wildman–Crippen MR) is 80.6 cm³/mol. The molecular weight excluding hydrogens is 272 g/mol. The lowest BCUT2D eigenvalue weighted by Crippen LogP contribution is -2.03. The first-order valence-electron chi connectivity index (χ1n) is 6.11. The van der Waals surface area contributed by atoms with Gasteiger partial charge in [0.05, 0.1) is 22.3 Å². The molecule has 0 saturated carbocycles. The van der Waals surface area contributed by atoms with Crippen molar-refractivity contribution in [2.45, 2.75) is 5.16 Å². The Morgan fingerprint density at radius 1 is 1.25 bits per heavy atom. The zero-order valence-electron chi connectivity index (χ0n) is 10.3. The van der Waals surface area contributed by atoms with Crippen LogP contribution in [0.15, 0.2) is 35.6 Å². The van der Waals surface area contributed by atoms with E-state index in [4.69, 9.17) is 0 Å². The van der Waals surface area contributed by atoms with E-state index in [-0.39, 0.29) is 5.91 Å². The van der Waals surface area contributed by atoms with Gasteiger partial charge in [0.2, 0.25) is 0 Å². The highest BCUT2D eigenvalue weighted by atomic mass is 32.1. The molecule has 0 radical (unpaired) electrons. The second-order valence-corrected chi connectivity index (χ2v) is 5.00. The van der Waals surface area contributed by atoms with E-state index >= 15 is 0 Å². The number of hydrogen-bond donors (Lipinski definition) is 4. The van der Waals surface area contributed by atoms with Crippen molar-refractivity contribution in [3.8, 4) is 0 Å². The van der Waals surface area contributed by atoms with E-state index in [1.807, 2.05) is 36.5 Å². The Kier molecular flexibility index (Phi) is 2.28. The van der Waals surface area contributed by atoms with E-state index in [1.165, 1.54) is 0 Å². The van der Waals surface area contributed by atoms with E-state index in [9.17, 15) is 4.79 Å². The van der Waals surface area contributed by atoms with Crippen LogP contribution in [0, 0.1) is 0 Å². The van der Waals surface area contributed by atoms with Gasteiger partial charge >= 0.3 is 0 Å². The van der Waals surface area contributed by atoms with Crippen molar-refractivity contribution < 1.29 is 4.79 Å². The number of aromatic amines is 2. The number of nitrogens with one attached hydrogen (secondary N) is 3. The summed E-state index contributed by atoms with van der Waals surface area (Å²) in [4.78, 5) is 22.6. The van der Waals surface area contributed by atoms with Crippen LogP contribution >= 0.6 is 12.6 Å². The first-order chi connectivity index (χ1) is 9.72. The number of benzene rings is 1. The number of carbonyl (C=O) groups excluding carboxylic acids is 1. The lowest BCUT2D eigenvalue weighted by Gasteiger charge is -1.99. The summed E-state index contributed by atoms with van der Waals surface area (Å²) in [5.74, 6) is -0.114. The van der Waals surface area contributed by atoms with Gasteiger partial charge in [0.15, 0.2) is 5.16 Å². The van der Waals surface area contributed by atoms with Crippen molar-refractivity contribution in [1.82, 2.24) is 15.0 Å². The van der Waals surface area contributed by atoms with E-state index in [2.05, 4.69) is 32.9 Å². The van der Waals surface area contributed by atoms with Crippen LogP contribution in [-0.2, 0) is 4.79 Å². The highest BCUT2D eigenvalue weighted by Crippen LogP contribution is 2.37. The number of amides is 1. The van der Waals surface area contributed by atoms with Crippen molar-refractivity contribution in [2.24, 2.45) is 0 Å². The number of thiol groups is 1. The van der Waals surface area contributed by atoms with Gasteiger partial charge in [0, 0.05) is 17.5 Å². The van der Waals surface area contributed by atoms with Gasteiger partial charge in [0.25, 0.3) is 5.91 Å². The van der Waals surface area contributed by atoms with Gasteiger partial charge in [-0.3, -0.25) is 4.79 Å². The Hall–Kier alpha value is -2.47.